The standard InChI is InChI=1S/C29H28Cl2F2N4O/c1-16-8-11-23(35-14-16)37-27(38)26-24(18-6-5-7-20(31)25(18)33)29(15-34,22(36-26)13-28(2,3)4)19-10-9-17(30)12-21(19)32/h5-12,14,22,24,26,36H,13H2,1-4H3,(H,35,37,38). The normalized spacial score (nSPS) is 23.2. The molecule has 1 aromatic heterocycles. The molecule has 4 atom stereocenters. The molecular formula is C29H28Cl2F2N4O. The van der Waals surface area contributed by atoms with Crippen molar-refractivity contribution >= 4 is 34.9 Å². The van der Waals surface area contributed by atoms with Gasteiger partial charge in [-0.15, -0.1) is 0 Å². The van der Waals surface area contributed by atoms with E-state index in [-0.39, 0.29) is 26.6 Å². The fraction of sp³-hybridized carbons (Fsp3) is 0.345. The molecule has 3 aromatic rings. The number of hydrogen-bond donors (Lipinski definition) is 2. The van der Waals surface area contributed by atoms with Crippen molar-refractivity contribution in [2.75, 3.05) is 5.32 Å². The summed E-state index contributed by atoms with van der Waals surface area (Å²) in [6, 6.07) is 12.4. The van der Waals surface area contributed by atoms with Crippen molar-refractivity contribution in [3.63, 3.8) is 0 Å². The van der Waals surface area contributed by atoms with Crippen LogP contribution in [-0.2, 0) is 10.2 Å². The lowest BCUT2D eigenvalue weighted by molar-refractivity contribution is -0.118. The zero-order valence-corrected chi connectivity index (χ0v) is 23.0. The number of aromatic nitrogens is 1. The zero-order chi connectivity index (χ0) is 27.8. The maximum absolute atomic E-state index is 15.7. The Morgan fingerprint density at radius 1 is 1.18 bits per heavy atom. The highest BCUT2D eigenvalue weighted by Crippen LogP contribution is 2.52. The van der Waals surface area contributed by atoms with Crippen molar-refractivity contribution in [2.24, 2.45) is 5.41 Å². The molecule has 0 saturated carbocycles. The van der Waals surface area contributed by atoms with Crippen LogP contribution in [0.5, 0.6) is 0 Å². The van der Waals surface area contributed by atoms with Gasteiger partial charge in [-0.2, -0.15) is 5.26 Å². The fourth-order valence-electron chi connectivity index (χ4n) is 5.30. The molecule has 2 aromatic carbocycles. The Hall–Kier alpha value is -3.05. The van der Waals surface area contributed by atoms with E-state index < -0.39 is 41.0 Å². The smallest absolute Gasteiger partial charge is 0.243 e. The van der Waals surface area contributed by atoms with Crippen LogP contribution in [0.25, 0.3) is 0 Å². The molecule has 1 aliphatic heterocycles. The third kappa shape index (κ3) is 5.26. The maximum atomic E-state index is 15.7. The van der Waals surface area contributed by atoms with Crippen molar-refractivity contribution in [1.29, 1.82) is 5.26 Å². The van der Waals surface area contributed by atoms with E-state index in [1.165, 1.54) is 24.3 Å². The number of rotatable bonds is 5. The molecule has 38 heavy (non-hydrogen) atoms. The van der Waals surface area contributed by atoms with Crippen LogP contribution in [0.15, 0.2) is 54.7 Å². The third-order valence-electron chi connectivity index (χ3n) is 6.89. The number of carbonyl (C=O) groups excluding carboxylic acids is 1. The number of halogens is 4. The van der Waals surface area contributed by atoms with Crippen LogP contribution < -0.4 is 10.6 Å². The number of nitrogens with zero attached hydrogens (tertiary/aromatic N) is 2. The minimum Gasteiger partial charge on any atom is -0.309 e. The topological polar surface area (TPSA) is 77.8 Å². The highest BCUT2D eigenvalue weighted by Gasteiger charge is 2.61. The molecule has 0 radical (unpaired) electrons. The van der Waals surface area contributed by atoms with Crippen LogP contribution in [0.4, 0.5) is 14.6 Å². The van der Waals surface area contributed by atoms with Gasteiger partial charge in [-0.05, 0) is 54.2 Å². The van der Waals surface area contributed by atoms with Gasteiger partial charge < -0.3 is 10.6 Å². The highest BCUT2D eigenvalue weighted by atomic mass is 35.5. The molecule has 198 valence electrons. The summed E-state index contributed by atoms with van der Waals surface area (Å²) in [7, 11) is 0. The van der Waals surface area contributed by atoms with E-state index in [0.29, 0.717) is 12.2 Å². The fourth-order valence-corrected chi connectivity index (χ4v) is 5.64. The Balaban J connectivity index is 1.96. The van der Waals surface area contributed by atoms with Gasteiger partial charge in [0.2, 0.25) is 5.91 Å². The molecule has 4 rings (SSSR count). The molecule has 5 nitrogen and oxygen atoms in total. The number of nitrogens with one attached hydrogen (secondary N) is 2. The molecule has 1 amide bonds. The van der Waals surface area contributed by atoms with E-state index in [0.717, 1.165) is 11.6 Å². The van der Waals surface area contributed by atoms with Crippen molar-refractivity contribution in [3.8, 4) is 6.07 Å². The molecule has 9 heteroatoms. The van der Waals surface area contributed by atoms with E-state index in [1.54, 1.807) is 24.4 Å². The molecule has 1 aliphatic rings. The quantitative estimate of drug-likeness (QED) is 0.357. The maximum Gasteiger partial charge on any atom is 0.243 e. The summed E-state index contributed by atoms with van der Waals surface area (Å²) in [5, 5.41) is 16.9. The van der Waals surface area contributed by atoms with Gasteiger partial charge in [-0.25, -0.2) is 13.8 Å². The van der Waals surface area contributed by atoms with Gasteiger partial charge in [0, 0.05) is 28.7 Å². The molecule has 2 N–H and O–H groups in total. The molecule has 0 spiro atoms. The van der Waals surface area contributed by atoms with E-state index >= 15 is 8.78 Å². The summed E-state index contributed by atoms with van der Waals surface area (Å²) in [4.78, 5) is 18.0. The second-order valence-corrected chi connectivity index (χ2v) is 11.7. The summed E-state index contributed by atoms with van der Waals surface area (Å²) in [5.74, 6) is -2.85. The average Bonchev–Trinajstić information content (AvgIpc) is 3.15. The van der Waals surface area contributed by atoms with E-state index in [2.05, 4.69) is 21.7 Å². The van der Waals surface area contributed by atoms with Crippen LogP contribution in [0.3, 0.4) is 0 Å². The van der Waals surface area contributed by atoms with Crippen molar-refractivity contribution < 1.29 is 13.6 Å². The van der Waals surface area contributed by atoms with E-state index in [4.69, 9.17) is 23.2 Å². The first-order chi connectivity index (χ1) is 17.9. The highest BCUT2D eigenvalue weighted by molar-refractivity contribution is 6.31. The Morgan fingerprint density at radius 2 is 1.92 bits per heavy atom. The van der Waals surface area contributed by atoms with Crippen LogP contribution in [0, 0.1) is 35.3 Å². The van der Waals surface area contributed by atoms with Gasteiger partial charge in [0.05, 0.1) is 17.1 Å². The Kier molecular flexibility index (Phi) is 7.81. The SMILES string of the molecule is Cc1ccc(NC(=O)C2NC(CC(C)(C)C)C(C#N)(c3ccc(Cl)cc3F)C2c2cccc(Cl)c2F)nc1. The molecular weight excluding hydrogens is 529 g/mol. The molecule has 2 heterocycles. The third-order valence-corrected chi connectivity index (χ3v) is 7.42. The largest absolute Gasteiger partial charge is 0.309 e. The Bertz CT molecular complexity index is 1400. The molecule has 4 unspecified atom stereocenters. The number of hydrogen-bond acceptors (Lipinski definition) is 4. The average molecular weight is 557 g/mol. The second kappa shape index (κ2) is 10.6. The number of carbonyl (C=O) groups is 1. The molecule has 0 aliphatic carbocycles. The summed E-state index contributed by atoms with van der Waals surface area (Å²) >= 11 is 12.2. The molecule has 1 saturated heterocycles. The van der Waals surface area contributed by atoms with Gasteiger partial charge in [0.25, 0.3) is 0 Å². The zero-order valence-electron chi connectivity index (χ0n) is 21.4. The number of anilines is 1. The monoisotopic (exact) mass is 556 g/mol. The van der Waals surface area contributed by atoms with Gasteiger partial charge in [0.1, 0.15) is 22.9 Å². The van der Waals surface area contributed by atoms with Gasteiger partial charge in [0.15, 0.2) is 0 Å². The number of aryl methyl sites for hydroxylation is 1. The lowest BCUT2D eigenvalue weighted by atomic mass is 9.62. The predicted octanol–water partition coefficient (Wildman–Crippen LogP) is 6.94. The first kappa shape index (κ1) is 28.0. The van der Waals surface area contributed by atoms with Crippen molar-refractivity contribution in [1.82, 2.24) is 10.3 Å². The second-order valence-electron chi connectivity index (χ2n) is 10.9. The number of pyridine rings is 1. The number of amides is 1. The minimum atomic E-state index is -1.68. The first-order valence-corrected chi connectivity index (χ1v) is 12.9. The predicted molar refractivity (Wildman–Crippen MR) is 145 cm³/mol. The number of nitriles is 1. The van der Waals surface area contributed by atoms with Gasteiger partial charge in [-0.3, -0.25) is 4.79 Å². The van der Waals surface area contributed by atoms with Crippen LogP contribution in [0.1, 0.15) is 49.8 Å². The van der Waals surface area contributed by atoms with Crippen LogP contribution in [-0.4, -0.2) is 23.0 Å². The lowest BCUT2D eigenvalue weighted by Gasteiger charge is -2.37. The minimum absolute atomic E-state index is 0.0271. The van der Waals surface area contributed by atoms with Crippen LogP contribution >= 0.6 is 23.2 Å². The summed E-state index contributed by atoms with van der Waals surface area (Å²) in [6.07, 6.45) is 1.99. The molecule has 1 fully saturated rings. The summed E-state index contributed by atoms with van der Waals surface area (Å²) < 4.78 is 31.3. The van der Waals surface area contributed by atoms with Crippen LogP contribution in [0.2, 0.25) is 10.0 Å². The summed E-state index contributed by atoms with van der Waals surface area (Å²) in [5.41, 5.74) is -1.04. The van der Waals surface area contributed by atoms with E-state index in [1.807, 2.05) is 27.7 Å². The lowest BCUT2D eigenvalue weighted by Crippen LogP contribution is -2.45. The van der Waals surface area contributed by atoms with Gasteiger partial charge in [-0.1, -0.05) is 68.2 Å². The van der Waals surface area contributed by atoms with Crippen molar-refractivity contribution in [3.05, 3.63) is 93.1 Å². The Morgan fingerprint density at radius 3 is 2.53 bits per heavy atom. The Labute approximate surface area is 231 Å². The number of benzene rings is 2. The molecule has 0 bridgehead atoms. The summed E-state index contributed by atoms with van der Waals surface area (Å²) in [6.45, 7) is 7.81. The first-order valence-electron chi connectivity index (χ1n) is 12.2. The van der Waals surface area contributed by atoms with Crippen molar-refractivity contribution in [2.45, 2.75) is 57.5 Å². The van der Waals surface area contributed by atoms with Gasteiger partial charge >= 0.3 is 0 Å². The van der Waals surface area contributed by atoms with E-state index in [9.17, 15) is 10.1 Å².